The number of aromatic nitrogens is 4. The van der Waals surface area contributed by atoms with Gasteiger partial charge in [0, 0.05) is 23.2 Å². The van der Waals surface area contributed by atoms with Gasteiger partial charge in [-0.25, -0.2) is 5.10 Å². The van der Waals surface area contributed by atoms with Crippen molar-refractivity contribution in [3.05, 3.63) is 71.1 Å². The van der Waals surface area contributed by atoms with Crippen LogP contribution in [0.25, 0.3) is 21.8 Å². The fraction of sp³-hybridized carbons (Fsp3) is 0.296. The van der Waals surface area contributed by atoms with E-state index in [9.17, 15) is 9.59 Å². The van der Waals surface area contributed by atoms with Crippen LogP contribution in [0.5, 0.6) is 0 Å². The van der Waals surface area contributed by atoms with E-state index in [2.05, 4.69) is 25.9 Å². The molecule has 10 heteroatoms. The highest BCUT2D eigenvalue weighted by molar-refractivity contribution is 7.14. The minimum absolute atomic E-state index is 0.116. The van der Waals surface area contributed by atoms with Crippen molar-refractivity contribution >= 4 is 28.8 Å². The van der Waals surface area contributed by atoms with Crippen LogP contribution in [-0.2, 0) is 22.6 Å². The molecule has 0 saturated heterocycles. The van der Waals surface area contributed by atoms with E-state index in [1.807, 2.05) is 60.0 Å². The molecule has 0 fully saturated rings. The molecular formula is C27H29N7O2S. The number of aromatic amines is 1. The topological polar surface area (TPSA) is 130 Å². The third-order valence-electron chi connectivity index (χ3n) is 6.33. The Bertz CT molecular complexity index is 1390. The average Bonchev–Trinajstić information content (AvgIpc) is 3.54. The molecule has 190 valence electrons. The summed E-state index contributed by atoms with van der Waals surface area (Å²) < 4.78 is 0. The number of hydrogen-bond acceptors (Lipinski definition) is 7. The number of para-hydroxylation sites is 1. The number of amides is 2. The Morgan fingerprint density at radius 3 is 2.70 bits per heavy atom. The van der Waals surface area contributed by atoms with Crippen molar-refractivity contribution in [1.29, 1.82) is 0 Å². The van der Waals surface area contributed by atoms with Crippen molar-refractivity contribution in [2.24, 2.45) is 5.73 Å². The number of nitrogens with two attached hydrogens (primary N) is 1. The normalized spacial score (nSPS) is 15.8. The lowest BCUT2D eigenvalue weighted by Crippen LogP contribution is -2.49. The van der Waals surface area contributed by atoms with Crippen molar-refractivity contribution in [1.82, 2.24) is 25.9 Å². The molecule has 0 aliphatic carbocycles. The van der Waals surface area contributed by atoms with Crippen LogP contribution in [0.2, 0.25) is 0 Å². The number of fused-ring (bicyclic) bond motifs is 1. The van der Waals surface area contributed by atoms with Crippen LogP contribution in [0, 0.1) is 0 Å². The number of rotatable bonds is 7. The Labute approximate surface area is 219 Å². The Kier molecular flexibility index (Phi) is 6.86. The van der Waals surface area contributed by atoms with E-state index >= 15 is 0 Å². The molecule has 1 aliphatic rings. The number of hydrogen-bond donors (Lipinski definition) is 3. The van der Waals surface area contributed by atoms with Crippen LogP contribution in [0.15, 0.2) is 60.0 Å². The number of anilines is 1. The molecule has 1 aliphatic heterocycles. The first-order valence-corrected chi connectivity index (χ1v) is 13.0. The average molecular weight is 516 g/mol. The lowest BCUT2D eigenvalue weighted by atomic mass is 10.0. The number of nitrogens with one attached hydrogen (secondary N) is 2. The number of H-pyrrole nitrogens is 1. The Morgan fingerprint density at radius 2 is 1.97 bits per heavy atom. The predicted molar refractivity (Wildman–Crippen MR) is 144 cm³/mol. The summed E-state index contributed by atoms with van der Waals surface area (Å²) in [6, 6.07) is 17.5. The zero-order valence-corrected chi connectivity index (χ0v) is 21.6. The van der Waals surface area contributed by atoms with Gasteiger partial charge >= 0.3 is 0 Å². The molecule has 0 unspecified atom stereocenters. The molecular weight excluding hydrogens is 486 g/mol. The number of benzene rings is 2. The Balaban J connectivity index is 1.39. The molecule has 0 spiro atoms. The second-order valence-electron chi connectivity index (χ2n) is 9.99. The third-order valence-corrected chi connectivity index (χ3v) is 7.25. The first kappa shape index (κ1) is 24.8. The highest BCUT2D eigenvalue weighted by atomic mass is 32.1. The van der Waals surface area contributed by atoms with Crippen LogP contribution >= 0.6 is 11.3 Å². The van der Waals surface area contributed by atoms with Crippen LogP contribution in [0.4, 0.5) is 5.69 Å². The molecule has 2 aromatic carbocycles. The number of aryl methyl sites for hydroxylation is 1. The van der Waals surface area contributed by atoms with Gasteiger partial charge in [0.2, 0.25) is 11.8 Å². The van der Waals surface area contributed by atoms with Gasteiger partial charge in [0.05, 0.1) is 11.4 Å². The van der Waals surface area contributed by atoms with Crippen molar-refractivity contribution in [2.45, 2.75) is 51.2 Å². The minimum Gasteiger partial charge on any atom is -0.344 e. The molecule has 0 bridgehead atoms. The van der Waals surface area contributed by atoms with Crippen LogP contribution in [-0.4, -0.2) is 44.0 Å². The van der Waals surface area contributed by atoms with Crippen molar-refractivity contribution in [3.8, 4) is 21.8 Å². The van der Waals surface area contributed by atoms with Gasteiger partial charge in [-0.3, -0.25) is 9.59 Å². The van der Waals surface area contributed by atoms with E-state index in [-0.39, 0.29) is 18.2 Å². The molecule has 9 nitrogen and oxygen atoms in total. The molecule has 1 atom stereocenters. The van der Waals surface area contributed by atoms with Crippen molar-refractivity contribution < 1.29 is 9.59 Å². The van der Waals surface area contributed by atoms with E-state index in [1.165, 1.54) is 0 Å². The summed E-state index contributed by atoms with van der Waals surface area (Å²) in [5, 5.41) is 19.2. The number of carbonyl (C=O) groups is 2. The summed E-state index contributed by atoms with van der Waals surface area (Å²) in [6.45, 7) is 4.00. The SMILES string of the molecule is CC(C)(N)CC(=O)N[C@@H]1CCc2ccccc2N(Cc2ccc(-c3ccsc3-c3nnn[nH]3)cc2)C1=O. The van der Waals surface area contributed by atoms with Gasteiger partial charge in [0.1, 0.15) is 6.04 Å². The van der Waals surface area contributed by atoms with E-state index in [0.29, 0.717) is 25.2 Å². The summed E-state index contributed by atoms with van der Waals surface area (Å²) in [4.78, 5) is 29.1. The van der Waals surface area contributed by atoms with Gasteiger partial charge in [0.25, 0.3) is 0 Å². The van der Waals surface area contributed by atoms with Crippen LogP contribution < -0.4 is 16.0 Å². The third kappa shape index (κ3) is 5.60. The van der Waals surface area contributed by atoms with E-state index in [4.69, 9.17) is 5.73 Å². The Hall–Kier alpha value is -3.89. The lowest BCUT2D eigenvalue weighted by Gasteiger charge is -2.27. The van der Waals surface area contributed by atoms with Crippen LogP contribution in [0.3, 0.4) is 0 Å². The van der Waals surface area contributed by atoms with E-state index < -0.39 is 11.6 Å². The molecule has 37 heavy (non-hydrogen) atoms. The van der Waals surface area contributed by atoms with Gasteiger partial charge in [-0.2, -0.15) is 0 Å². The van der Waals surface area contributed by atoms with Gasteiger partial charge in [0.15, 0.2) is 5.82 Å². The lowest BCUT2D eigenvalue weighted by molar-refractivity contribution is -0.128. The molecule has 4 aromatic rings. The molecule has 0 saturated carbocycles. The van der Waals surface area contributed by atoms with Gasteiger partial charge in [-0.1, -0.05) is 42.5 Å². The zero-order chi connectivity index (χ0) is 26.0. The summed E-state index contributed by atoms with van der Waals surface area (Å²) >= 11 is 1.57. The van der Waals surface area contributed by atoms with Crippen molar-refractivity contribution in [3.63, 3.8) is 0 Å². The smallest absolute Gasteiger partial charge is 0.249 e. The summed E-state index contributed by atoms with van der Waals surface area (Å²) in [5.41, 5.74) is 10.4. The van der Waals surface area contributed by atoms with Gasteiger partial charge in [-0.05, 0) is 71.3 Å². The maximum Gasteiger partial charge on any atom is 0.249 e. The maximum atomic E-state index is 13.7. The van der Waals surface area contributed by atoms with Gasteiger partial charge < -0.3 is 16.0 Å². The maximum absolute atomic E-state index is 13.7. The first-order chi connectivity index (χ1) is 17.8. The van der Waals surface area contributed by atoms with Gasteiger partial charge in [-0.15, -0.1) is 16.4 Å². The van der Waals surface area contributed by atoms with Crippen molar-refractivity contribution in [2.75, 3.05) is 4.90 Å². The molecule has 2 aromatic heterocycles. The summed E-state index contributed by atoms with van der Waals surface area (Å²) in [5.74, 6) is 0.303. The quantitative estimate of drug-likeness (QED) is 0.344. The minimum atomic E-state index is -0.644. The standard InChI is InChI=1S/C27H29N7O2S/c1-27(2,28)15-23(35)29-21-12-11-19-5-3-4-6-22(19)34(26(21)36)16-17-7-9-18(10-8-17)20-13-14-37-24(20)25-30-32-33-31-25/h3-10,13-14,21H,11-12,15-16,28H2,1-2H3,(H,29,35)(H,30,31,32,33)/t21-/m1/s1. The molecule has 0 radical (unpaired) electrons. The fourth-order valence-corrected chi connectivity index (χ4v) is 5.47. The zero-order valence-electron chi connectivity index (χ0n) is 20.8. The molecule has 2 amide bonds. The second-order valence-corrected chi connectivity index (χ2v) is 10.9. The van der Waals surface area contributed by atoms with E-state index in [0.717, 1.165) is 32.8 Å². The van der Waals surface area contributed by atoms with E-state index in [1.54, 1.807) is 30.1 Å². The monoisotopic (exact) mass is 515 g/mol. The largest absolute Gasteiger partial charge is 0.344 e. The Morgan fingerprint density at radius 1 is 1.19 bits per heavy atom. The number of thiophene rings is 1. The predicted octanol–water partition coefficient (Wildman–Crippen LogP) is 3.69. The second kappa shape index (κ2) is 10.2. The molecule has 3 heterocycles. The summed E-state index contributed by atoms with van der Waals surface area (Å²) in [6.07, 6.45) is 1.39. The summed E-state index contributed by atoms with van der Waals surface area (Å²) in [7, 11) is 0. The molecule has 5 rings (SSSR count). The molecule has 4 N–H and O–H groups in total. The van der Waals surface area contributed by atoms with Crippen LogP contribution in [0.1, 0.15) is 37.8 Å². The number of nitrogens with zero attached hydrogens (tertiary/aromatic N) is 4. The highest BCUT2D eigenvalue weighted by Crippen LogP contribution is 2.35. The fourth-order valence-electron chi connectivity index (χ4n) is 4.62. The first-order valence-electron chi connectivity index (χ1n) is 12.2. The highest BCUT2D eigenvalue weighted by Gasteiger charge is 2.32. The number of tetrazole rings is 1. The number of carbonyl (C=O) groups excluding carboxylic acids is 2.